The maximum absolute atomic E-state index is 8.88. The van der Waals surface area contributed by atoms with Crippen LogP contribution in [0.5, 0.6) is 0 Å². The van der Waals surface area contributed by atoms with Crippen molar-refractivity contribution in [2.45, 2.75) is 26.2 Å². The normalized spacial score (nSPS) is 11.7. The van der Waals surface area contributed by atoms with Crippen molar-refractivity contribution in [1.29, 1.82) is 5.26 Å². The Kier molecular flexibility index (Phi) is 4.31. The Morgan fingerprint density at radius 2 is 1.95 bits per heavy atom. The molecule has 0 aliphatic heterocycles. The first kappa shape index (κ1) is 14.0. The van der Waals surface area contributed by atoms with Crippen LogP contribution in [0.15, 0.2) is 36.7 Å². The molecule has 4 nitrogen and oxygen atoms in total. The van der Waals surface area contributed by atoms with Gasteiger partial charge < -0.3 is 4.90 Å². The van der Waals surface area contributed by atoms with Crippen molar-refractivity contribution in [1.82, 2.24) is 9.97 Å². The van der Waals surface area contributed by atoms with Crippen LogP contribution in [-0.4, -0.2) is 17.0 Å². The number of hydrogen-bond donors (Lipinski definition) is 0. The highest BCUT2D eigenvalue weighted by Crippen LogP contribution is 2.25. The maximum Gasteiger partial charge on any atom is 0.145 e. The molecule has 0 spiro atoms. The van der Waals surface area contributed by atoms with E-state index in [1.807, 2.05) is 18.0 Å². The number of aromatic nitrogens is 2. The monoisotopic (exact) mass is 266 g/mol. The van der Waals surface area contributed by atoms with Gasteiger partial charge in [-0.1, -0.05) is 26.0 Å². The molecule has 0 saturated carbocycles. The van der Waals surface area contributed by atoms with Crippen molar-refractivity contribution in [3.8, 4) is 6.07 Å². The highest BCUT2D eigenvalue weighted by atomic mass is 15.2. The second-order valence-corrected chi connectivity index (χ2v) is 4.83. The topological polar surface area (TPSA) is 52.8 Å². The van der Waals surface area contributed by atoms with E-state index in [-0.39, 0.29) is 0 Å². The van der Waals surface area contributed by atoms with Gasteiger partial charge in [0.1, 0.15) is 23.9 Å². The second kappa shape index (κ2) is 6.16. The summed E-state index contributed by atoms with van der Waals surface area (Å²) >= 11 is 0. The number of benzene rings is 1. The molecule has 1 heterocycles. The molecule has 0 amide bonds. The van der Waals surface area contributed by atoms with Gasteiger partial charge in [-0.3, -0.25) is 0 Å². The van der Waals surface area contributed by atoms with Crippen LogP contribution in [0.1, 0.15) is 37.4 Å². The highest BCUT2D eigenvalue weighted by molar-refractivity contribution is 5.60. The van der Waals surface area contributed by atoms with Gasteiger partial charge in [-0.15, -0.1) is 0 Å². The Bertz CT molecular complexity index is 613. The van der Waals surface area contributed by atoms with Gasteiger partial charge in [0, 0.05) is 18.8 Å². The van der Waals surface area contributed by atoms with Crippen LogP contribution in [-0.2, 0) is 0 Å². The van der Waals surface area contributed by atoms with Crippen LogP contribution >= 0.6 is 0 Å². The summed E-state index contributed by atoms with van der Waals surface area (Å²) in [5.41, 5.74) is 2.75. The first-order valence-corrected chi connectivity index (χ1v) is 6.71. The molecular weight excluding hydrogens is 248 g/mol. The first-order valence-electron chi connectivity index (χ1n) is 6.71. The van der Waals surface area contributed by atoms with Crippen molar-refractivity contribution in [3.63, 3.8) is 0 Å². The molecule has 0 aliphatic carbocycles. The molecule has 20 heavy (non-hydrogen) atoms. The molecule has 102 valence electrons. The van der Waals surface area contributed by atoms with E-state index >= 15 is 0 Å². The molecule has 0 N–H and O–H groups in total. The van der Waals surface area contributed by atoms with Crippen molar-refractivity contribution in [2.75, 3.05) is 11.9 Å². The minimum atomic E-state index is 0.373. The Balaban J connectivity index is 2.24. The van der Waals surface area contributed by atoms with Gasteiger partial charge in [-0.05, 0) is 30.0 Å². The van der Waals surface area contributed by atoms with E-state index in [1.165, 1.54) is 11.9 Å². The molecule has 2 rings (SSSR count). The van der Waals surface area contributed by atoms with Crippen molar-refractivity contribution in [3.05, 3.63) is 47.9 Å². The second-order valence-electron chi connectivity index (χ2n) is 4.83. The third kappa shape index (κ3) is 2.94. The number of hydrogen-bond acceptors (Lipinski definition) is 4. The molecule has 0 bridgehead atoms. The van der Waals surface area contributed by atoms with Crippen LogP contribution in [0, 0.1) is 11.3 Å². The van der Waals surface area contributed by atoms with E-state index in [0.29, 0.717) is 17.4 Å². The Hall–Kier alpha value is -2.41. The van der Waals surface area contributed by atoms with Gasteiger partial charge in [0.25, 0.3) is 0 Å². The van der Waals surface area contributed by atoms with E-state index in [4.69, 9.17) is 5.26 Å². The minimum absolute atomic E-state index is 0.373. The summed E-state index contributed by atoms with van der Waals surface area (Å²) in [6.45, 7) is 4.41. The number of rotatable bonds is 4. The van der Waals surface area contributed by atoms with Crippen LogP contribution in [0.4, 0.5) is 11.5 Å². The molecule has 1 atom stereocenters. The molecular formula is C16H18N4. The van der Waals surface area contributed by atoms with Gasteiger partial charge in [-0.25, -0.2) is 9.97 Å². The molecule has 1 unspecified atom stereocenters. The average molecular weight is 266 g/mol. The van der Waals surface area contributed by atoms with E-state index in [1.54, 1.807) is 6.07 Å². The fraction of sp³-hybridized carbons (Fsp3) is 0.312. The Labute approximate surface area is 119 Å². The average Bonchev–Trinajstić information content (AvgIpc) is 2.53. The van der Waals surface area contributed by atoms with Crippen molar-refractivity contribution < 1.29 is 0 Å². The van der Waals surface area contributed by atoms with E-state index < -0.39 is 0 Å². The molecule has 0 aliphatic rings. The van der Waals surface area contributed by atoms with Crippen LogP contribution in [0.25, 0.3) is 0 Å². The summed E-state index contributed by atoms with van der Waals surface area (Å²) < 4.78 is 0. The largest absolute Gasteiger partial charge is 0.329 e. The molecule has 1 aromatic heterocycles. The summed E-state index contributed by atoms with van der Waals surface area (Å²) in [4.78, 5) is 10.0. The summed E-state index contributed by atoms with van der Waals surface area (Å²) in [7, 11) is 1.93. The summed E-state index contributed by atoms with van der Waals surface area (Å²) in [5, 5.41) is 8.88. The van der Waals surface area contributed by atoms with Crippen molar-refractivity contribution in [2.24, 2.45) is 0 Å². The van der Waals surface area contributed by atoms with Gasteiger partial charge in [-0.2, -0.15) is 5.26 Å². The van der Waals surface area contributed by atoms with Gasteiger partial charge in [0.05, 0.1) is 0 Å². The lowest BCUT2D eigenvalue weighted by Crippen LogP contribution is -2.11. The fourth-order valence-electron chi connectivity index (χ4n) is 1.99. The van der Waals surface area contributed by atoms with Gasteiger partial charge in [0.2, 0.25) is 0 Å². The van der Waals surface area contributed by atoms with E-state index in [0.717, 1.165) is 12.1 Å². The minimum Gasteiger partial charge on any atom is -0.329 e. The summed E-state index contributed by atoms with van der Waals surface area (Å²) in [6, 6.07) is 12.2. The first-order chi connectivity index (χ1) is 9.65. The predicted molar refractivity (Wildman–Crippen MR) is 80.0 cm³/mol. The Morgan fingerprint density at radius 1 is 1.25 bits per heavy atom. The Morgan fingerprint density at radius 3 is 2.55 bits per heavy atom. The molecule has 1 aromatic carbocycles. The SMILES string of the molecule is CCC(C)c1ccc(N(C)c2cc(C#N)ncn2)cc1. The van der Waals surface area contributed by atoms with Gasteiger partial charge >= 0.3 is 0 Å². The number of anilines is 2. The van der Waals surface area contributed by atoms with E-state index in [2.05, 4.69) is 48.1 Å². The number of nitrogens with zero attached hydrogens (tertiary/aromatic N) is 4. The lowest BCUT2D eigenvalue weighted by Gasteiger charge is -2.19. The zero-order valence-corrected chi connectivity index (χ0v) is 12.0. The zero-order valence-electron chi connectivity index (χ0n) is 12.0. The standard InChI is InChI=1S/C16H18N4/c1-4-12(2)13-5-7-15(8-6-13)20(3)16-9-14(10-17)18-11-19-16/h5-9,11-12H,4H2,1-3H3. The van der Waals surface area contributed by atoms with Gasteiger partial charge in [0.15, 0.2) is 0 Å². The van der Waals surface area contributed by atoms with Crippen LogP contribution in [0.3, 0.4) is 0 Å². The third-order valence-corrected chi connectivity index (χ3v) is 3.57. The van der Waals surface area contributed by atoms with Crippen molar-refractivity contribution >= 4 is 11.5 Å². The highest BCUT2D eigenvalue weighted by Gasteiger charge is 2.08. The quantitative estimate of drug-likeness (QED) is 0.848. The molecule has 0 fully saturated rings. The summed E-state index contributed by atoms with van der Waals surface area (Å²) in [5.74, 6) is 1.28. The third-order valence-electron chi connectivity index (χ3n) is 3.57. The maximum atomic E-state index is 8.88. The molecule has 0 radical (unpaired) electrons. The molecule has 4 heteroatoms. The predicted octanol–water partition coefficient (Wildman–Crippen LogP) is 3.63. The lowest BCUT2D eigenvalue weighted by atomic mass is 9.98. The van der Waals surface area contributed by atoms with Crippen LogP contribution in [0.2, 0.25) is 0 Å². The van der Waals surface area contributed by atoms with E-state index in [9.17, 15) is 0 Å². The smallest absolute Gasteiger partial charge is 0.145 e. The zero-order chi connectivity index (χ0) is 14.5. The van der Waals surface area contributed by atoms with Crippen LogP contribution < -0.4 is 4.90 Å². The summed E-state index contributed by atoms with van der Waals surface area (Å²) in [6.07, 6.45) is 2.55. The number of nitriles is 1. The fourth-order valence-corrected chi connectivity index (χ4v) is 1.99. The molecule has 0 saturated heterocycles. The molecule has 2 aromatic rings. The lowest BCUT2D eigenvalue weighted by molar-refractivity contribution is 0.733.